The molecule has 126 valence electrons. The smallest absolute Gasteiger partial charge is 0.271 e. The predicted octanol–water partition coefficient (Wildman–Crippen LogP) is 3.14. The standard InChI is InChI=1S/C17H16F2N2O3/c1-10(15-5-4-12(18)8-16(15)19)20-21-17(22)11-6-13(23-2)9-14(7-11)24-3/h4-9H,1-3H3,(H,21,22)/b20-10-. The Morgan fingerprint density at radius 3 is 2.21 bits per heavy atom. The summed E-state index contributed by atoms with van der Waals surface area (Å²) in [4.78, 5) is 12.2. The van der Waals surface area contributed by atoms with Gasteiger partial charge in [0.1, 0.15) is 23.1 Å². The van der Waals surface area contributed by atoms with Crippen LogP contribution in [0.25, 0.3) is 0 Å². The number of rotatable bonds is 5. The molecule has 0 unspecified atom stereocenters. The second-order valence-corrected chi connectivity index (χ2v) is 4.86. The molecule has 0 radical (unpaired) electrons. The molecule has 24 heavy (non-hydrogen) atoms. The number of halogens is 2. The van der Waals surface area contributed by atoms with Crippen LogP contribution in [0.5, 0.6) is 11.5 Å². The number of hydrogen-bond acceptors (Lipinski definition) is 4. The van der Waals surface area contributed by atoms with Crippen LogP contribution in [0.15, 0.2) is 41.5 Å². The molecule has 0 aromatic heterocycles. The highest BCUT2D eigenvalue weighted by molar-refractivity contribution is 6.01. The molecule has 0 bridgehead atoms. The van der Waals surface area contributed by atoms with Crippen LogP contribution in [0.2, 0.25) is 0 Å². The van der Waals surface area contributed by atoms with Crippen LogP contribution < -0.4 is 14.9 Å². The molecule has 0 aliphatic heterocycles. The molecule has 2 rings (SSSR count). The molecule has 0 atom stereocenters. The maximum atomic E-state index is 13.7. The van der Waals surface area contributed by atoms with Gasteiger partial charge in [0.25, 0.3) is 5.91 Å². The SMILES string of the molecule is COc1cc(OC)cc(C(=O)N/N=C(/C)c2ccc(F)cc2F)c1. The monoisotopic (exact) mass is 334 g/mol. The maximum absolute atomic E-state index is 13.7. The third-order valence-electron chi connectivity index (χ3n) is 3.26. The van der Waals surface area contributed by atoms with Gasteiger partial charge in [0.2, 0.25) is 0 Å². The number of ether oxygens (including phenoxy) is 2. The number of hydrogen-bond donors (Lipinski definition) is 1. The van der Waals surface area contributed by atoms with Gasteiger partial charge in [0, 0.05) is 23.3 Å². The lowest BCUT2D eigenvalue weighted by Crippen LogP contribution is -2.19. The lowest BCUT2D eigenvalue weighted by atomic mass is 10.1. The van der Waals surface area contributed by atoms with Crippen LogP contribution in [0.4, 0.5) is 8.78 Å². The lowest BCUT2D eigenvalue weighted by Gasteiger charge is -2.08. The second-order valence-electron chi connectivity index (χ2n) is 4.86. The molecule has 0 saturated heterocycles. The van der Waals surface area contributed by atoms with Crippen LogP contribution in [0.1, 0.15) is 22.8 Å². The topological polar surface area (TPSA) is 59.9 Å². The number of carbonyl (C=O) groups excluding carboxylic acids is 1. The number of benzene rings is 2. The van der Waals surface area contributed by atoms with Gasteiger partial charge in [-0.15, -0.1) is 0 Å². The average molecular weight is 334 g/mol. The molecule has 0 saturated carbocycles. The van der Waals surface area contributed by atoms with E-state index in [1.807, 2.05) is 0 Å². The molecular formula is C17H16F2N2O3. The minimum Gasteiger partial charge on any atom is -0.497 e. The summed E-state index contributed by atoms with van der Waals surface area (Å²) in [5, 5.41) is 3.85. The highest BCUT2D eigenvalue weighted by atomic mass is 19.1. The van der Waals surface area contributed by atoms with E-state index >= 15 is 0 Å². The average Bonchev–Trinajstić information content (AvgIpc) is 2.58. The Hall–Kier alpha value is -2.96. The molecule has 0 aliphatic rings. The van der Waals surface area contributed by atoms with Crippen molar-refractivity contribution < 1.29 is 23.0 Å². The van der Waals surface area contributed by atoms with Crippen molar-refractivity contribution in [1.82, 2.24) is 5.43 Å². The highest BCUT2D eigenvalue weighted by Crippen LogP contribution is 2.22. The summed E-state index contributed by atoms with van der Waals surface area (Å²) in [5.41, 5.74) is 2.89. The van der Waals surface area contributed by atoms with Gasteiger partial charge in [-0.3, -0.25) is 4.79 Å². The fourth-order valence-corrected chi connectivity index (χ4v) is 1.98. The van der Waals surface area contributed by atoms with Crippen LogP contribution >= 0.6 is 0 Å². The number of hydrazone groups is 1. The van der Waals surface area contributed by atoms with Gasteiger partial charge in [-0.1, -0.05) is 0 Å². The van der Waals surface area contributed by atoms with E-state index in [2.05, 4.69) is 10.5 Å². The van der Waals surface area contributed by atoms with E-state index < -0.39 is 17.5 Å². The summed E-state index contributed by atoms with van der Waals surface area (Å²) in [6, 6.07) is 7.78. The summed E-state index contributed by atoms with van der Waals surface area (Å²) in [7, 11) is 2.94. The Morgan fingerprint density at radius 1 is 1.04 bits per heavy atom. The van der Waals surface area contributed by atoms with E-state index in [9.17, 15) is 13.6 Å². The van der Waals surface area contributed by atoms with Crippen molar-refractivity contribution in [3.8, 4) is 11.5 Å². The van der Waals surface area contributed by atoms with E-state index in [1.165, 1.54) is 39.3 Å². The molecule has 2 aromatic rings. The molecule has 0 spiro atoms. The van der Waals surface area contributed by atoms with Gasteiger partial charge in [0.15, 0.2) is 0 Å². The van der Waals surface area contributed by atoms with Gasteiger partial charge in [-0.05, 0) is 31.2 Å². The molecule has 0 heterocycles. The molecule has 2 aromatic carbocycles. The van der Waals surface area contributed by atoms with Crippen LogP contribution in [-0.4, -0.2) is 25.8 Å². The molecule has 7 heteroatoms. The zero-order chi connectivity index (χ0) is 17.7. The van der Waals surface area contributed by atoms with Gasteiger partial charge < -0.3 is 9.47 Å². The first-order valence-electron chi connectivity index (χ1n) is 6.97. The minimum atomic E-state index is -0.756. The van der Waals surface area contributed by atoms with Gasteiger partial charge in [-0.25, -0.2) is 14.2 Å². The number of amides is 1. The fraction of sp³-hybridized carbons (Fsp3) is 0.176. The Morgan fingerprint density at radius 2 is 1.67 bits per heavy atom. The quantitative estimate of drug-likeness (QED) is 0.675. The number of nitrogens with one attached hydrogen (secondary N) is 1. The second kappa shape index (κ2) is 7.54. The van der Waals surface area contributed by atoms with Crippen molar-refractivity contribution in [2.24, 2.45) is 5.10 Å². The van der Waals surface area contributed by atoms with Gasteiger partial charge >= 0.3 is 0 Å². The third kappa shape index (κ3) is 4.07. The van der Waals surface area contributed by atoms with E-state index in [1.54, 1.807) is 6.07 Å². The summed E-state index contributed by atoms with van der Waals surface area (Å²) < 4.78 is 36.8. The van der Waals surface area contributed by atoms with Crippen molar-refractivity contribution in [3.63, 3.8) is 0 Å². The van der Waals surface area contributed by atoms with Crippen molar-refractivity contribution >= 4 is 11.6 Å². The number of nitrogens with zero attached hydrogens (tertiary/aromatic N) is 1. The molecule has 5 nitrogen and oxygen atoms in total. The zero-order valence-electron chi connectivity index (χ0n) is 13.4. The molecule has 1 N–H and O–H groups in total. The summed E-state index contributed by atoms with van der Waals surface area (Å²) in [5.74, 6) is -1.06. The van der Waals surface area contributed by atoms with Crippen molar-refractivity contribution in [3.05, 3.63) is 59.2 Å². The first kappa shape index (κ1) is 17.4. The highest BCUT2D eigenvalue weighted by Gasteiger charge is 2.11. The van der Waals surface area contributed by atoms with Crippen molar-refractivity contribution in [2.45, 2.75) is 6.92 Å². The van der Waals surface area contributed by atoms with Crippen molar-refractivity contribution in [1.29, 1.82) is 0 Å². The van der Waals surface area contributed by atoms with Crippen molar-refractivity contribution in [2.75, 3.05) is 14.2 Å². The predicted molar refractivity (Wildman–Crippen MR) is 85.6 cm³/mol. The Balaban J connectivity index is 2.20. The molecule has 0 aliphatic carbocycles. The zero-order valence-corrected chi connectivity index (χ0v) is 13.4. The summed E-state index contributed by atoms with van der Waals surface area (Å²) in [6.07, 6.45) is 0. The summed E-state index contributed by atoms with van der Waals surface area (Å²) >= 11 is 0. The first-order valence-corrected chi connectivity index (χ1v) is 6.97. The Kier molecular flexibility index (Phi) is 5.47. The molecular weight excluding hydrogens is 318 g/mol. The first-order chi connectivity index (χ1) is 11.4. The lowest BCUT2D eigenvalue weighted by molar-refractivity contribution is 0.0954. The van der Waals surface area contributed by atoms with E-state index in [0.717, 1.165) is 12.1 Å². The summed E-state index contributed by atoms with van der Waals surface area (Å²) in [6.45, 7) is 1.50. The normalized spacial score (nSPS) is 11.1. The number of carbonyl (C=O) groups is 1. The maximum Gasteiger partial charge on any atom is 0.271 e. The Labute approximate surface area is 137 Å². The third-order valence-corrected chi connectivity index (χ3v) is 3.26. The van der Waals surface area contributed by atoms with E-state index in [4.69, 9.17) is 9.47 Å². The molecule has 1 amide bonds. The number of methoxy groups -OCH3 is 2. The Bertz CT molecular complexity index is 769. The van der Waals surface area contributed by atoms with Crippen LogP contribution in [0, 0.1) is 11.6 Å². The fourth-order valence-electron chi connectivity index (χ4n) is 1.98. The largest absolute Gasteiger partial charge is 0.497 e. The van der Waals surface area contributed by atoms with Crippen LogP contribution in [0.3, 0.4) is 0 Å². The van der Waals surface area contributed by atoms with E-state index in [-0.39, 0.29) is 16.8 Å². The van der Waals surface area contributed by atoms with Gasteiger partial charge in [-0.2, -0.15) is 5.10 Å². The van der Waals surface area contributed by atoms with E-state index in [0.29, 0.717) is 11.5 Å². The van der Waals surface area contributed by atoms with Crippen LogP contribution in [-0.2, 0) is 0 Å². The molecule has 0 fully saturated rings. The van der Waals surface area contributed by atoms with Gasteiger partial charge in [0.05, 0.1) is 19.9 Å². The minimum absolute atomic E-state index is 0.0972.